The van der Waals surface area contributed by atoms with E-state index >= 15 is 0 Å². The van der Waals surface area contributed by atoms with Gasteiger partial charge in [-0.25, -0.2) is 17.7 Å². The van der Waals surface area contributed by atoms with Crippen LogP contribution in [-0.2, 0) is 10.0 Å². The summed E-state index contributed by atoms with van der Waals surface area (Å²) in [4.78, 5) is 17.3. The Balaban J connectivity index is 1.56. The number of nitrogens with zero attached hydrogens (tertiary/aromatic N) is 3. The fraction of sp³-hybridized carbons (Fsp3) is 0.130. The second-order valence-electron chi connectivity index (χ2n) is 7.28. The van der Waals surface area contributed by atoms with Crippen molar-refractivity contribution in [3.05, 3.63) is 78.6 Å². The zero-order valence-corrected chi connectivity index (χ0v) is 18.6. The molecular weight excluding hydrogens is 428 g/mol. The third kappa shape index (κ3) is 4.08. The second kappa shape index (κ2) is 8.45. The molecule has 0 atom stereocenters. The van der Waals surface area contributed by atoms with E-state index in [1.807, 2.05) is 47.1 Å². The summed E-state index contributed by atoms with van der Waals surface area (Å²) in [5, 5.41) is 2.80. The number of hydrogen-bond acceptors (Lipinski definition) is 5. The average Bonchev–Trinajstić information content (AvgIpc) is 3.23. The summed E-state index contributed by atoms with van der Waals surface area (Å²) in [5.41, 5.74) is 3.37. The van der Waals surface area contributed by atoms with E-state index in [4.69, 9.17) is 4.74 Å². The second-order valence-corrected chi connectivity index (χ2v) is 9.40. The van der Waals surface area contributed by atoms with Crippen molar-refractivity contribution in [2.45, 2.75) is 4.90 Å². The van der Waals surface area contributed by atoms with Crippen molar-refractivity contribution in [3.63, 3.8) is 0 Å². The number of methoxy groups -OCH3 is 1. The molecule has 2 heterocycles. The molecule has 8 nitrogen and oxygen atoms in total. The molecule has 0 bridgehead atoms. The molecule has 1 amide bonds. The molecule has 0 spiro atoms. The molecule has 0 aliphatic rings. The van der Waals surface area contributed by atoms with E-state index in [-0.39, 0.29) is 16.2 Å². The Kier molecular flexibility index (Phi) is 5.68. The van der Waals surface area contributed by atoms with Gasteiger partial charge < -0.3 is 14.5 Å². The third-order valence-corrected chi connectivity index (χ3v) is 6.82. The number of imidazole rings is 1. The molecule has 0 saturated carbocycles. The van der Waals surface area contributed by atoms with Crippen LogP contribution >= 0.6 is 0 Å². The maximum absolute atomic E-state index is 12.8. The van der Waals surface area contributed by atoms with Crippen LogP contribution in [0.3, 0.4) is 0 Å². The van der Waals surface area contributed by atoms with Crippen LogP contribution in [0.4, 0.5) is 5.69 Å². The summed E-state index contributed by atoms with van der Waals surface area (Å²) in [7, 11) is 0.452. The number of anilines is 1. The molecule has 0 aliphatic carbocycles. The molecule has 0 unspecified atom stereocenters. The smallest absolute Gasteiger partial charge is 0.255 e. The largest absolute Gasteiger partial charge is 0.495 e. The van der Waals surface area contributed by atoms with Crippen molar-refractivity contribution in [1.82, 2.24) is 13.7 Å². The van der Waals surface area contributed by atoms with Crippen LogP contribution in [0.1, 0.15) is 10.4 Å². The lowest BCUT2D eigenvalue weighted by atomic mass is 10.1. The standard InChI is InChI=1S/C23H22N4O4S/c1-26(2)32(29,30)21-14-17(9-12-20(21)31-3)23(28)24-18-10-7-16(8-11-18)19-15-27-13-5-4-6-22(27)25-19/h4-15H,1-3H3,(H,24,28). The maximum atomic E-state index is 12.8. The first-order valence-corrected chi connectivity index (χ1v) is 11.2. The number of benzene rings is 2. The van der Waals surface area contributed by atoms with E-state index in [0.29, 0.717) is 5.69 Å². The first kappa shape index (κ1) is 21.5. The molecule has 0 fully saturated rings. The minimum atomic E-state index is -3.78. The molecule has 164 valence electrons. The van der Waals surface area contributed by atoms with Gasteiger partial charge in [0, 0.05) is 43.3 Å². The van der Waals surface area contributed by atoms with Crippen molar-refractivity contribution in [2.24, 2.45) is 0 Å². The van der Waals surface area contributed by atoms with Crippen LogP contribution in [0, 0.1) is 0 Å². The van der Waals surface area contributed by atoms with Crippen LogP contribution in [0.15, 0.2) is 78.0 Å². The Morgan fingerprint density at radius 3 is 2.47 bits per heavy atom. The van der Waals surface area contributed by atoms with Gasteiger partial charge in [-0.05, 0) is 42.5 Å². The predicted octanol–water partition coefficient (Wildman–Crippen LogP) is 3.51. The van der Waals surface area contributed by atoms with Crippen molar-refractivity contribution in [1.29, 1.82) is 0 Å². The summed E-state index contributed by atoms with van der Waals surface area (Å²) in [6.07, 6.45) is 3.87. The molecule has 4 rings (SSSR count). The average molecular weight is 451 g/mol. The number of carbonyl (C=O) groups is 1. The number of sulfonamides is 1. The zero-order valence-electron chi connectivity index (χ0n) is 17.8. The number of aromatic nitrogens is 2. The molecule has 9 heteroatoms. The minimum Gasteiger partial charge on any atom is -0.495 e. The lowest BCUT2D eigenvalue weighted by Gasteiger charge is -2.15. The van der Waals surface area contributed by atoms with Crippen molar-refractivity contribution in [2.75, 3.05) is 26.5 Å². The Morgan fingerprint density at radius 2 is 1.81 bits per heavy atom. The van der Waals surface area contributed by atoms with Crippen LogP contribution in [0.25, 0.3) is 16.9 Å². The molecule has 0 aliphatic heterocycles. The van der Waals surface area contributed by atoms with Gasteiger partial charge in [0.2, 0.25) is 10.0 Å². The van der Waals surface area contributed by atoms with Gasteiger partial charge in [-0.2, -0.15) is 0 Å². The quantitative estimate of drug-likeness (QED) is 0.485. The minimum absolute atomic E-state index is 0.0696. The fourth-order valence-electron chi connectivity index (χ4n) is 3.22. The Morgan fingerprint density at radius 1 is 1.06 bits per heavy atom. The number of hydrogen-bond donors (Lipinski definition) is 1. The number of pyridine rings is 1. The monoisotopic (exact) mass is 450 g/mol. The van der Waals surface area contributed by atoms with Gasteiger partial charge in [0.05, 0.1) is 12.8 Å². The van der Waals surface area contributed by atoms with Crippen molar-refractivity contribution < 1.29 is 17.9 Å². The van der Waals surface area contributed by atoms with Crippen LogP contribution < -0.4 is 10.1 Å². The van der Waals surface area contributed by atoms with Gasteiger partial charge in [0.15, 0.2) is 0 Å². The van der Waals surface area contributed by atoms with Gasteiger partial charge in [-0.3, -0.25) is 4.79 Å². The number of rotatable bonds is 6. The molecule has 0 radical (unpaired) electrons. The zero-order chi connectivity index (χ0) is 22.9. The van der Waals surface area contributed by atoms with Crippen LogP contribution in [0.2, 0.25) is 0 Å². The summed E-state index contributed by atoms with van der Waals surface area (Å²) in [5.74, 6) is -0.254. The topological polar surface area (TPSA) is 93.0 Å². The predicted molar refractivity (Wildman–Crippen MR) is 122 cm³/mol. The highest BCUT2D eigenvalue weighted by Gasteiger charge is 2.24. The molecule has 0 saturated heterocycles. The number of fused-ring (bicyclic) bond motifs is 1. The molecule has 2 aromatic heterocycles. The maximum Gasteiger partial charge on any atom is 0.255 e. The van der Waals surface area contributed by atoms with Gasteiger partial charge in [-0.1, -0.05) is 18.2 Å². The van der Waals surface area contributed by atoms with Crippen LogP contribution in [-0.4, -0.2) is 49.2 Å². The van der Waals surface area contributed by atoms with Crippen LogP contribution in [0.5, 0.6) is 5.75 Å². The lowest BCUT2D eigenvalue weighted by molar-refractivity contribution is 0.102. The van der Waals surface area contributed by atoms with E-state index in [9.17, 15) is 13.2 Å². The van der Waals surface area contributed by atoms with Gasteiger partial charge >= 0.3 is 0 Å². The normalized spacial score (nSPS) is 11.6. The highest BCUT2D eigenvalue weighted by molar-refractivity contribution is 7.89. The molecule has 1 N–H and O–H groups in total. The van der Waals surface area contributed by atoms with Gasteiger partial charge in [0.25, 0.3) is 5.91 Å². The van der Waals surface area contributed by atoms with E-state index in [0.717, 1.165) is 21.2 Å². The third-order valence-electron chi connectivity index (χ3n) is 4.99. The first-order chi connectivity index (χ1) is 15.3. The lowest BCUT2D eigenvalue weighted by Crippen LogP contribution is -2.23. The Labute approximate surface area is 186 Å². The highest BCUT2D eigenvalue weighted by Crippen LogP contribution is 2.27. The number of amides is 1. The van der Waals surface area contributed by atoms with Gasteiger partial charge in [-0.15, -0.1) is 0 Å². The summed E-state index contributed by atoms with van der Waals surface area (Å²) >= 11 is 0. The van der Waals surface area contributed by atoms with Gasteiger partial charge in [0.1, 0.15) is 16.3 Å². The number of nitrogens with one attached hydrogen (secondary N) is 1. The molecule has 32 heavy (non-hydrogen) atoms. The highest BCUT2D eigenvalue weighted by atomic mass is 32.2. The molecule has 2 aromatic carbocycles. The summed E-state index contributed by atoms with van der Waals surface area (Å²) in [6, 6.07) is 17.4. The Bertz CT molecular complexity index is 1360. The first-order valence-electron chi connectivity index (χ1n) is 9.75. The SMILES string of the molecule is COc1ccc(C(=O)Nc2ccc(-c3cn4ccccc4n3)cc2)cc1S(=O)(=O)N(C)C. The molecule has 4 aromatic rings. The number of carbonyl (C=O) groups excluding carboxylic acids is 1. The van der Waals surface area contributed by atoms with Crippen molar-refractivity contribution >= 4 is 27.3 Å². The molecular formula is C23H22N4O4S. The van der Waals surface area contributed by atoms with E-state index in [1.165, 1.54) is 39.4 Å². The van der Waals surface area contributed by atoms with E-state index in [1.54, 1.807) is 12.1 Å². The summed E-state index contributed by atoms with van der Waals surface area (Å²) < 4.78 is 33.4. The summed E-state index contributed by atoms with van der Waals surface area (Å²) in [6.45, 7) is 0. The van der Waals surface area contributed by atoms with Crippen molar-refractivity contribution in [3.8, 4) is 17.0 Å². The fourth-order valence-corrected chi connectivity index (χ4v) is 4.29. The van der Waals surface area contributed by atoms with E-state index in [2.05, 4.69) is 10.3 Å². The Hall–Kier alpha value is -3.69. The van der Waals surface area contributed by atoms with E-state index < -0.39 is 15.9 Å². The number of ether oxygens (including phenoxy) is 1.